The second-order valence-corrected chi connectivity index (χ2v) is 10.9. The second kappa shape index (κ2) is 11.3. The minimum atomic E-state index is -1.32. The van der Waals surface area contributed by atoms with E-state index in [4.69, 9.17) is 9.39 Å². The van der Waals surface area contributed by atoms with E-state index in [1.54, 1.807) is 28.8 Å². The molecular weight excluding hydrogens is 550 g/mol. The van der Waals surface area contributed by atoms with E-state index in [2.05, 4.69) is 4.90 Å². The topological polar surface area (TPSA) is 148 Å². The molecule has 42 heavy (non-hydrogen) atoms. The molecule has 14 heteroatoms. The third-order valence-electron chi connectivity index (χ3n) is 8.16. The average molecular weight is 580 g/mol. The van der Waals surface area contributed by atoms with Gasteiger partial charge in [0.25, 0.3) is 0 Å². The number of nitrogens with zero attached hydrogens (tertiary/aromatic N) is 4. The van der Waals surface area contributed by atoms with Gasteiger partial charge < -0.3 is 29.0 Å². The van der Waals surface area contributed by atoms with E-state index in [0.29, 0.717) is 67.2 Å². The van der Waals surface area contributed by atoms with Gasteiger partial charge in [-0.25, -0.2) is 9.18 Å². The number of hydrogen-bond acceptors (Lipinski definition) is 9. The summed E-state index contributed by atoms with van der Waals surface area (Å²) in [6.07, 6.45) is 3.03. The highest BCUT2D eigenvalue weighted by Gasteiger charge is 2.40. The summed E-state index contributed by atoms with van der Waals surface area (Å²) >= 11 is 0. The van der Waals surface area contributed by atoms with Crippen molar-refractivity contribution in [1.82, 2.24) is 9.47 Å². The molecule has 220 valence electrons. The van der Waals surface area contributed by atoms with Crippen LogP contribution >= 0.6 is 0 Å². The molecule has 1 atom stereocenters. The zero-order valence-electron chi connectivity index (χ0n) is 22.8. The van der Waals surface area contributed by atoms with Crippen LogP contribution in [0.15, 0.2) is 41.3 Å². The van der Waals surface area contributed by atoms with Gasteiger partial charge in [0.2, 0.25) is 12.0 Å². The van der Waals surface area contributed by atoms with E-state index in [1.807, 2.05) is 4.90 Å². The molecule has 1 saturated carbocycles. The third kappa shape index (κ3) is 5.44. The Morgan fingerprint density at radius 1 is 1.21 bits per heavy atom. The molecule has 1 aromatic heterocycles. The van der Waals surface area contributed by atoms with E-state index < -0.39 is 41.9 Å². The fraction of sp³-hybridized carbons (Fsp3) is 0.429. The summed E-state index contributed by atoms with van der Waals surface area (Å²) in [7, 11) is -1.28. The standard InChI is InChI=1S/C28H30BFN4O8/c30-21-13-19-22(33(17-5-6-17)15-20(27(19)35)28(36)37)14-23(21)32-10-8-31(9-11-32)7-2-12-41-24-4-1-3-18-25(16-34(39)40)42-29(38)26(18)24/h1,3-4,13-15,17,25,38H,2,5-12,16H2,(H,36,37). The Bertz CT molecular complexity index is 1610. The second-order valence-electron chi connectivity index (χ2n) is 10.9. The van der Waals surface area contributed by atoms with Crippen LogP contribution in [0.5, 0.6) is 5.75 Å². The van der Waals surface area contributed by atoms with Crippen LogP contribution in [-0.4, -0.2) is 83.5 Å². The molecule has 6 rings (SSSR count). The van der Waals surface area contributed by atoms with Crippen LogP contribution in [0.4, 0.5) is 10.1 Å². The highest BCUT2D eigenvalue weighted by molar-refractivity contribution is 6.62. The lowest BCUT2D eigenvalue weighted by Crippen LogP contribution is -2.47. The molecule has 2 N–H and O–H groups in total. The van der Waals surface area contributed by atoms with E-state index in [9.17, 15) is 29.8 Å². The van der Waals surface area contributed by atoms with Gasteiger partial charge >= 0.3 is 13.1 Å². The quantitative estimate of drug-likeness (QED) is 0.158. The predicted molar refractivity (Wildman–Crippen MR) is 152 cm³/mol. The average Bonchev–Trinajstić information content (AvgIpc) is 3.75. The zero-order valence-corrected chi connectivity index (χ0v) is 22.8. The van der Waals surface area contributed by atoms with Crippen LogP contribution in [-0.2, 0) is 4.65 Å². The Labute approximate surface area is 240 Å². The number of ether oxygens (including phenoxy) is 1. The lowest BCUT2D eigenvalue weighted by molar-refractivity contribution is -0.490. The number of benzene rings is 2. The molecule has 1 saturated heterocycles. The number of carbonyl (C=O) groups is 1. The Morgan fingerprint density at radius 2 is 1.98 bits per heavy atom. The van der Waals surface area contributed by atoms with E-state index >= 15 is 4.39 Å². The van der Waals surface area contributed by atoms with Crippen LogP contribution in [0, 0.1) is 15.9 Å². The van der Waals surface area contributed by atoms with Gasteiger partial charge in [-0.1, -0.05) is 12.1 Å². The lowest BCUT2D eigenvalue weighted by Gasteiger charge is -2.36. The summed E-state index contributed by atoms with van der Waals surface area (Å²) in [5, 5.41) is 30.8. The maximum absolute atomic E-state index is 15.3. The van der Waals surface area contributed by atoms with E-state index in [1.165, 1.54) is 12.3 Å². The van der Waals surface area contributed by atoms with Gasteiger partial charge in [0.05, 0.1) is 17.8 Å². The molecule has 2 aliphatic heterocycles. The predicted octanol–water partition coefficient (Wildman–Crippen LogP) is 1.80. The van der Waals surface area contributed by atoms with Gasteiger partial charge in [0, 0.05) is 60.7 Å². The molecule has 2 fully saturated rings. The molecule has 0 bridgehead atoms. The molecular formula is C28H30BFN4O8. The van der Waals surface area contributed by atoms with Gasteiger partial charge in [-0.2, -0.15) is 0 Å². The SMILES string of the molecule is O=C(O)c1cn(C2CC2)c2cc(N3CCN(CCCOc4cccc5c4B(O)OC5C[N+](=O)[O-])CC3)c(F)cc2c1=O. The molecule has 0 amide bonds. The Morgan fingerprint density at radius 3 is 2.67 bits per heavy atom. The number of fused-ring (bicyclic) bond motifs is 2. The number of carboxylic acid groups (broad SMARTS) is 1. The first-order chi connectivity index (χ1) is 20.2. The minimum absolute atomic E-state index is 0.0816. The number of carboxylic acids is 1. The molecule has 3 heterocycles. The summed E-state index contributed by atoms with van der Waals surface area (Å²) in [5.74, 6) is -1.42. The van der Waals surface area contributed by atoms with Crippen LogP contribution in [0.25, 0.3) is 10.9 Å². The van der Waals surface area contributed by atoms with Gasteiger partial charge in [0.1, 0.15) is 23.2 Å². The van der Waals surface area contributed by atoms with Crippen molar-refractivity contribution in [3.05, 3.63) is 73.8 Å². The first-order valence-corrected chi connectivity index (χ1v) is 14.0. The Balaban J connectivity index is 1.06. The molecule has 2 aromatic carbocycles. The van der Waals surface area contributed by atoms with Crippen molar-refractivity contribution in [2.45, 2.75) is 31.4 Å². The molecule has 0 radical (unpaired) electrons. The van der Waals surface area contributed by atoms with Crippen LogP contribution in [0.2, 0.25) is 0 Å². The first-order valence-electron chi connectivity index (χ1n) is 14.0. The third-order valence-corrected chi connectivity index (χ3v) is 8.16. The number of piperazine rings is 1. The largest absolute Gasteiger partial charge is 0.496 e. The van der Waals surface area contributed by atoms with Crippen LogP contribution in [0.3, 0.4) is 0 Å². The summed E-state index contributed by atoms with van der Waals surface area (Å²) < 4.78 is 28.3. The molecule has 12 nitrogen and oxygen atoms in total. The highest BCUT2D eigenvalue weighted by Crippen LogP contribution is 2.38. The van der Waals surface area contributed by atoms with Crippen molar-refractivity contribution in [2.75, 3.05) is 50.8 Å². The first kappa shape index (κ1) is 28.1. The van der Waals surface area contributed by atoms with Crippen molar-refractivity contribution >= 4 is 35.1 Å². The number of pyridine rings is 1. The highest BCUT2D eigenvalue weighted by atomic mass is 19.1. The van der Waals surface area contributed by atoms with Crippen molar-refractivity contribution in [1.29, 1.82) is 0 Å². The zero-order chi connectivity index (χ0) is 29.5. The number of aromatic nitrogens is 1. The molecule has 1 aliphatic carbocycles. The normalized spacial score (nSPS) is 18.9. The smallest absolute Gasteiger partial charge is 0.494 e. The maximum Gasteiger partial charge on any atom is 0.496 e. The van der Waals surface area contributed by atoms with Crippen molar-refractivity contribution in [3.8, 4) is 5.75 Å². The van der Waals surface area contributed by atoms with E-state index in [-0.39, 0.29) is 17.0 Å². The number of anilines is 1. The molecule has 0 spiro atoms. The fourth-order valence-corrected chi connectivity index (χ4v) is 5.90. The van der Waals surface area contributed by atoms with Crippen molar-refractivity contribution in [2.24, 2.45) is 0 Å². The molecule has 3 aliphatic rings. The summed E-state index contributed by atoms with van der Waals surface area (Å²) in [5.41, 5.74) is 0.921. The van der Waals surface area contributed by atoms with Gasteiger partial charge in [-0.3, -0.25) is 19.8 Å². The fourth-order valence-electron chi connectivity index (χ4n) is 5.90. The molecule has 3 aromatic rings. The number of rotatable bonds is 10. The maximum atomic E-state index is 15.3. The number of nitro groups is 1. The monoisotopic (exact) mass is 580 g/mol. The lowest BCUT2D eigenvalue weighted by atomic mass is 9.78. The number of hydrogen-bond donors (Lipinski definition) is 2. The Hall–Kier alpha value is -4.01. The van der Waals surface area contributed by atoms with Gasteiger partial charge in [0.15, 0.2) is 0 Å². The number of aromatic carboxylic acids is 1. The van der Waals surface area contributed by atoms with Gasteiger partial charge in [-0.15, -0.1) is 0 Å². The van der Waals surface area contributed by atoms with Gasteiger partial charge in [-0.05, 0) is 43.0 Å². The van der Waals surface area contributed by atoms with Crippen LogP contribution in [0.1, 0.15) is 47.3 Å². The molecule has 1 unspecified atom stereocenters. The van der Waals surface area contributed by atoms with Crippen molar-refractivity contribution < 1.29 is 33.6 Å². The van der Waals surface area contributed by atoms with Crippen molar-refractivity contribution in [3.63, 3.8) is 0 Å². The van der Waals surface area contributed by atoms with E-state index in [0.717, 1.165) is 19.4 Å². The summed E-state index contributed by atoms with van der Waals surface area (Å²) in [6.45, 7) is 3.23. The minimum Gasteiger partial charge on any atom is -0.494 e. The summed E-state index contributed by atoms with van der Waals surface area (Å²) in [6, 6.07) is 8.09. The Kier molecular flexibility index (Phi) is 7.60. The number of halogens is 1. The summed E-state index contributed by atoms with van der Waals surface area (Å²) in [4.78, 5) is 39.0. The van der Waals surface area contributed by atoms with Crippen LogP contribution < -0.4 is 20.5 Å².